The maximum Gasteiger partial charge on any atom is 0.141 e. The van der Waals surface area contributed by atoms with Gasteiger partial charge < -0.3 is 11.5 Å². The van der Waals surface area contributed by atoms with Gasteiger partial charge in [0.25, 0.3) is 0 Å². The van der Waals surface area contributed by atoms with Crippen LogP contribution in [-0.4, -0.2) is 22.1 Å². The SMILES string of the molecule is Cc1cccc(-c2cccc(C(=N)N)n2)n1.N=CN. The number of amidine groups is 1. The molecular formula is C13H16N6. The predicted molar refractivity (Wildman–Crippen MR) is 76.2 cm³/mol. The smallest absolute Gasteiger partial charge is 0.141 e. The zero-order valence-electron chi connectivity index (χ0n) is 10.6. The van der Waals surface area contributed by atoms with Crippen LogP contribution in [0.3, 0.4) is 0 Å². The molecule has 6 N–H and O–H groups in total. The second-order valence-electron chi connectivity index (χ2n) is 3.65. The maximum absolute atomic E-state index is 7.33. The summed E-state index contributed by atoms with van der Waals surface area (Å²) in [6.45, 7) is 1.93. The molecule has 2 aromatic heterocycles. The van der Waals surface area contributed by atoms with Crippen LogP contribution in [0.2, 0.25) is 0 Å². The quantitative estimate of drug-likeness (QED) is 0.477. The van der Waals surface area contributed by atoms with E-state index in [1.54, 1.807) is 6.07 Å². The molecule has 0 bridgehead atoms. The number of rotatable bonds is 2. The zero-order chi connectivity index (χ0) is 14.3. The highest BCUT2D eigenvalue weighted by Crippen LogP contribution is 2.14. The average Bonchev–Trinajstić information content (AvgIpc) is 2.40. The standard InChI is InChI=1S/C12H12N4.CH4N2/c1-8-4-2-5-9(15-8)10-6-3-7-11(16-10)12(13)14;2-1-3/h2-7H,1H3,(H3,13,14);1H,(H3,2,3). The molecular weight excluding hydrogens is 240 g/mol. The summed E-state index contributed by atoms with van der Waals surface area (Å²) in [4.78, 5) is 8.64. The minimum Gasteiger partial charge on any atom is -0.390 e. The lowest BCUT2D eigenvalue weighted by atomic mass is 10.2. The summed E-state index contributed by atoms with van der Waals surface area (Å²) in [7, 11) is 0. The fourth-order valence-corrected chi connectivity index (χ4v) is 1.41. The monoisotopic (exact) mass is 256 g/mol. The van der Waals surface area contributed by atoms with E-state index in [1.165, 1.54) is 0 Å². The Kier molecular flexibility index (Phi) is 5.16. The van der Waals surface area contributed by atoms with E-state index in [9.17, 15) is 0 Å². The summed E-state index contributed by atoms with van der Waals surface area (Å²) in [5.41, 5.74) is 12.7. The Morgan fingerprint density at radius 3 is 2.16 bits per heavy atom. The van der Waals surface area contributed by atoms with Crippen LogP contribution in [0.15, 0.2) is 36.4 Å². The predicted octanol–water partition coefficient (Wildman–Crippen LogP) is 1.29. The Labute approximate surface area is 111 Å². The molecule has 0 saturated heterocycles. The molecule has 0 aliphatic carbocycles. The average molecular weight is 256 g/mol. The van der Waals surface area contributed by atoms with Gasteiger partial charge in [0.15, 0.2) is 0 Å². The van der Waals surface area contributed by atoms with Gasteiger partial charge in [-0.15, -0.1) is 0 Å². The van der Waals surface area contributed by atoms with Crippen molar-refractivity contribution in [2.24, 2.45) is 11.5 Å². The molecule has 0 unspecified atom stereocenters. The molecule has 6 heteroatoms. The Bertz CT molecular complexity index is 579. The molecule has 0 atom stereocenters. The number of nitrogen functional groups attached to an aromatic ring is 1. The van der Waals surface area contributed by atoms with Crippen LogP contribution in [0.25, 0.3) is 11.4 Å². The second-order valence-corrected chi connectivity index (χ2v) is 3.65. The van der Waals surface area contributed by atoms with Crippen molar-refractivity contribution in [2.45, 2.75) is 6.92 Å². The molecule has 0 aromatic carbocycles. The van der Waals surface area contributed by atoms with E-state index < -0.39 is 0 Å². The summed E-state index contributed by atoms with van der Waals surface area (Å²) < 4.78 is 0. The summed E-state index contributed by atoms with van der Waals surface area (Å²) in [5, 5.41) is 13.2. The molecule has 2 aromatic rings. The van der Waals surface area contributed by atoms with Gasteiger partial charge in [-0.3, -0.25) is 15.8 Å². The number of hydrogen-bond acceptors (Lipinski definition) is 4. The Morgan fingerprint density at radius 1 is 1.11 bits per heavy atom. The normalized spacial score (nSPS) is 9.11. The molecule has 6 nitrogen and oxygen atoms in total. The number of aromatic nitrogens is 2. The largest absolute Gasteiger partial charge is 0.390 e. The van der Waals surface area contributed by atoms with Crippen molar-refractivity contribution in [3.8, 4) is 11.4 Å². The van der Waals surface area contributed by atoms with Crippen molar-refractivity contribution < 1.29 is 0 Å². The Balaban J connectivity index is 0.000000550. The first kappa shape index (κ1) is 14.3. The summed E-state index contributed by atoms with van der Waals surface area (Å²) in [6, 6.07) is 11.1. The van der Waals surface area contributed by atoms with E-state index in [1.807, 2.05) is 37.3 Å². The molecule has 2 heterocycles. The van der Waals surface area contributed by atoms with E-state index in [-0.39, 0.29) is 5.84 Å². The van der Waals surface area contributed by atoms with E-state index in [0.29, 0.717) is 5.69 Å². The molecule has 2 rings (SSSR count). The van der Waals surface area contributed by atoms with Crippen LogP contribution in [0.1, 0.15) is 11.4 Å². The van der Waals surface area contributed by atoms with Crippen LogP contribution in [0.5, 0.6) is 0 Å². The van der Waals surface area contributed by atoms with Gasteiger partial charge in [-0.1, -0.05) is 12.1 Å². The van der Waals surface area contributed by atoms with E-state index in [0.717, 1.165) is 23.4 Å². The van der Waals surface area contributed by atoms with Gasteiger partial charge in [-0.2, -0.15) is 0 Å². The molecule has 19 heavy (non-hydrogen) atoms. The summed E-state index contributed by atoms with van der Waals surface area (Å²) in [5.74, 6) is -0.0329. The number of nitrogens with one attached hydrogen (secondary N) is 2. The van der Waals surface area contributed by atoms with Crippen molar-refractivity contribution in [1.82, 2.24) is 9.97 Å². The number of nitrogens with zero attached hydrogens (tertiary/aromatic N) is 2. The third-order valence-corrected chi connectivity index (χ3v) is 2.18. The molecule has 0 spiro atoms. The fourth-order valence-electron chi connectivity index (χ4n) is 1.41. The van der Waals surface area contributed by atoms with Gasteiger partial charge in [-0.25, -0.2) is 4.98 Å². The molecule has 0 aliphatic heterocycles. The molecule has 0 saturated carbocycles. The first-order valence-electron chi connectivity index (χ1n) is 5.54. The van der Waals surface area contributed by atoms with Gasteiger partial charge in [0.05, 0.1) is 17.7 Å². The Hall–Kier alpha value is -2.76. The van der Waals surface area contributed by atoms with Crippen LogP contribution in [0, 0.1) is 17.7 Å². The molecule has 0 aliphatic rings. The zero-order valence-corrected chi connectivity index (χ0v) is 10.6. The van der Waals surface area contributed by atoms with E-state index >= 15 is 0 Å². The molecule has 0 radical (unpaired) electrons. The first-order valence-corrected chi connectivity index (χ1v) is 5.54. The van der Waals surface area contributed by atoms with Gasteiger partial charge >= 0.3 is 0 Å². The lowest BCUT2D eigenvalue weighted by Gasteiger charge is -2.03. The van der Waals surface area contributed by atoms with E-state index in [4.69, 9.17) is 16.6 Å². The lowest BCUT2D eigenvalue weighted by molar-refractivity contribution is 1.17. The highest BCUT2D eigenvalue weighted by Gasteiger charge is 2.03. The number of pyridine rings is 2. The third kappa shape index (κ3) is 4.19. The van der Waals surface area contributed by atoms with Gasteiger partial charge in [0, 0.05) is 5.69 Å². The number of nitrogens with two attached hydrogens (primary N) is 2. The van der Waals surface area contributed by atoms with Crippen LogP contribution in [-0.2, 0) is 0 Å². The topological polar surface area (TPSA) is 126 Å². The van der Waals surface area contributed by atoms with Crippen molar-refractivity contribution in [1.29, 1.82) is 10.8 Å². The Morgan fingerprint density at radius 2 is 1.63 bits per heavy atom. The van der Waals surface area contributed by atoms with E-state index in [2.05, 4.69) is 15.7 Å². The summed E-state index contributed by atoms with van der Waals surface area (Å²) in [6.07, 6.45) is 0.750. The van der Waals surface area contributed by atoms with Crippen LogP contribution in [0.4, 0.5) is 0 Å². The molecule has 98 valence electrons. The number of aryl methyl sites for hydroxylation is 1. The fraction of sp³-hybridized carbons (Fsp3) is 0.0769. The summed E-state index contributed by atoms with van der Waals surface area (Å²) >= 11 is 0. The first-order chi connectivity index (χ1) is 9.08. The highest BCUT2D eigenvalue weighted by atomic mass is 14.8. The van der Waals surface area contributed by atoms with Gasteiger partial charge in [0.2, 0.25) is 0 Å². The molecule has 0 fully saturated rings. The minimum absolute atomic E-state index is 0.0329. The van der Waals surface area contributed by atoms with Crippen molar-refractivity contribution in [3.05, 3.63) is 47.8 Å². The van der Waals surface area contributed by atoms with Gasteiger partial charge in [0.1, 0.15) is 11.5 Å². The third-order valence-electron chi connectivity index (χ3n) is 2.18. The maximum atomic E-state index is 7.33. The van der Waals surface area contributed by atoms with Crippen molar-refractivity contribution >= 4 is 12.2 Å². The molecule has 0 amide bonds. The van der Waals surface area contributed by atoms with Crippen LogP contribution < -0.4 is 11.5 Å². The van der Waals surface area contributed by atoms with Gasteiger partial charge in [-0.05, 0) is 31.2 Å². The highest BCUT2D eigenvalue weighted by molar-refractivity contribution is 5.93. The minimum atomic E-state index is -0.0329. The lowest BCUT2D eigenvalue weighted by Crippen LogP contribution is -2.13. The van der Waals surface area contributed by atoms with Crippen molar-refractivity contribution in [3.63, 3.8) is 0 Å². The number of hydrogen-bond donors (Lipinski definition) is 4. The van der Waals surface area contributed by atoms with Crippen molar-refractivity contribution in [2.75, 3.05) is 0 Å². The second kappa shape index (κ2) is 6.85. The van der Waals surface area contributed by atoms with Crippen LogP contribution >= 0.6 is 0 Å².